The van der Waals surface area contributed by atoms with Crippen LogP contribution < -0.4 is 0 Å². The maximum absolute atomic E-state index is 11.6. The number of carbonyl (C=O) groups is 2. The summed E-state index contributed by atoms with van der Waals surface area (Å²) in [5.74, 6) is -3.26. The molecule has 0 fully saturated rings. The van der Waals surface area contributed by atoms with Gasteiger partial charge in [-0.15, -0.1) is 0 Å². The first kappa shape index (κ1) is 19.2. The summed E-state index contributed by atoms with van der Waals surface area (Å²) < 4.78 is 77.6. The van der Waals surface area contributed by atoms with Gasteiger partial charge in [0.1, 0.15) is 11.5 Å². The largest absolute Gasteiger partial charge is 0.455 e. The van der Waals surface area contributed by atoms with Gasteiger partial charge < -0.3 is 9.47 Å². The number of halogens is 6. The normalized spacial score (nSPS) is 12.1. The molecule has 0 atom stereocenters. The lowest BCUT2D eigenvalue weighted by molar-refractivity contribution is -0.184. The number of alkyl halides is 6. The fourth-order valence-electron chi connectivity index (χ4n) is 0.588. The molecule has 0 saturated carbocycles. The van der Waals surface area contributed by atoms with Crippen LogP contribution in [0.25, 0.3) is 0 Å². The smallest absolute Gasteiger partial charge is 0.422 e. The van der Waals surface area contributed by atoms with Gasteiger partial charge in [-0.3, -0.25) is 9.59 Å². The van der Waals surface area contributed by atoms with Crippen LogP contribution in [0.3, 0.4) is 0 Å². The van der Waals surface area contributed by atoms with Gasteiger partial charge in [0.15, 0.2) is 13.2 Å². The van der Waals surface area contributed by atoms with Gasteiger partial charge in [0.2, 0.25) is 0 Å². The third-order valence-corrected chi connectivity index (χ3v) is 3.31. The number of hydrogen-bond acceptors (Lipinski definition) is 6. The molecule has 0 aliphatic heterocycles. The number of esters is 2. The zero-order valence-electron chi connectivity index (χ0n) is 9.55. The van der Waals surface area contributed by atoms with Crippen LogP contribution >= 0.6 is 21.6 Å². The minimum atomic E-state index is -4.63. The lowest BCUT2D eigenvalue weighted by Gasteiger charge is -2.08. The van der Waals surface area contributed by atoms with Crippen molar-refractivity contribution in [2.24, 2.45) is 0 Å². The van der Waals surface area contributed by atoms with Crippen LogP contribution in [0.1, 0.15) is 0 Å². The Balaban J connectivity index is 3.61. The maximum atomic E-state index is 11.6. The van der Waals surface area contributed by atoms with Crippen LogP contribution in [0.4, 0.5) is 26.3 Å². The highest BCUT2D eigenvalue weighted by molar-refractivity contribution is 8.77. The van der Waals surface area contributed by atoms with Gasteiger partial charge in [-0.25, -0.2) is 0 Å². The van der Waals surface area contributed by atoms with Crippen molar-refractivity contribution >= 4 is 33.5 Å². The van der Waals surface area contributed by atoms with Crippen molar-refractivity contribution in [1.29, 1.82) is 0 Å². The molecule has 20 heavy (non-hydrogen) atoms. The van der Waals surface area contributed by atoms with Gasteiger partial charge in [0.05, 0.1) is 0 Å². The monoisotopic (exact) mass is 346 g/mol. The van der Waals surface area contributed by atoms with Crippen molar-refractivity contribution in [3.8, 4) is 0 Å². The average Bonchev–Trinajstić information content (AvgIpc) is 2.27. The van der Waals surface area contributed by atoms with E-state index in [1.807, 2.05) is 0 Å². The molecule has 0 heterocycles. The number of hydrogen-bond donors (Lipinski definition) is 0. The summed E-state index contributed by atoms with van der Waals surface area (Å²) in [4.78, 5) is 21.5. The van der Waals surface area contributed by atoms with Crippen molar-refractivity contribution < 1.29 is 45.4 Å². The lowest BCUT2D eigenvalue weighted by atomic mass is 10.7. The van der Waals surface area contributed by atoms with Gasteiger partial charge in [0.25, 0.3) is 0 Å². The van der Waals surface area contributed by atoms with E-state index in [2.05, 4.69) is 9.47 Å². The maximum Gasteiger partial charge on any atom is 0.422 e. The molecule has 118 valence electrons. The van der Waals surface area contributed by atoms with Crippen molar-refractivity contribution in [3.63, 3.8) is 0 Å². The Bertz CT molecular complexity index is 298. The molecule has 4 nitrogen and oxygen atoms in total. The van der Waals surface area contributed by atoms with Gasteiger partial charge in [-0.1, -0.05) is 21.6 Å². The van der Waals surface area contributed by atoms with Gasteiger partial charge in [-0.05, 0) is 0 Å². The highest BCUT2D eigenvalue weighted by Crippen LogP contribution is 2.22. The second-order valence-corrected chi connectivity index (χ2v) is 5.54. The highest BCUT2D eigenvalue weighted by atomic mass is 33.1. The highest BCUT2D eigenvalue weighted by Gasteiger charge is 2.30. The molecule has 0 amide bonds. The molecule has 0 radical (unpaired) electrons. The molecule has 12 heteroatoms. The Morgan fingerprint density at radius 2 is 1.05 bits per heavy atom. The van der Waals surface area contributed by atoms with Crippen LogP contribution in [0.2, 0.25) is 0 Å². The molecule has 0 bridgehead atoms. The summed E-state index contributed by atoms with van der Waals surface area (Å²) in [7, 11) is 1.33. The summed E-state index contributed by atoms with van der Waals surface area (Å²) in [5.41, 5.74) is 0. The third kappa shape index (κ3) is 13.6. The average molecular weight is 346 g/mol. The van der Waals surface area contributed by atoms with Crippen molar-refractivity contribution in [2.45, 2.75) is 12.4 Å². The van der Waals surface area contributed by atoms with E-state index in [1.54, 1.807) is 0 Å². The van der Waals surface area contributed by atoms with E-state index in [0.717, 1.165) is 0 Å². The summed E-state index contributed by atoms with van der Waals surface area (Å²) >= 11 is 0. The van der Waals surface area contributed by atoms with Crippen LogP contribution in [0.15, 0.2) is 0 Å². The molecule has 0 spiro atoms. The SMILES string of the molecule is O=C(CSSCC(=O)OCC(F)(F)F)OCC(F)(F)F. The third-order valence-electron chi connectivity index (χ3n) is 1.23. The zero-order chi connectivity index (χ0) is 15.8. The molecule has 0 aliphatic carbocycles. The number of ether oxygens (including phenoxy) is 2. The van der Waals surface area contributed by atoms with Gasteiger partial charge in [0, 0.05) is 0 Å². The second kappa shape index (κ2) is 8.49. The first-order chi connectivity index (χ1) is 8.99. The Morgan fingerprint density at radius 1 is 0.750 bits per heavy atom. The fraction of sp³-hybridized carbons (Fsp3) is 0.750. The summed E-state index contributed by atoms with van der Waals surface area (Å²) in [6, 6.07) is 0. The van der Waals surface area contributed by atoms with E-state index in [9.17, 15) is 35.9 Å². The minimum absolute atomic E-state index is 0.479. The fourth-order valence-corrected chi connectivity index (χ4v) is 2.19. The van der Waals surface area contributed by atoms with Crippen LogP contribution in [-0.4, -0.2) is 49.0 Å². The molecular formula is C8H8F6O4S2. The Kier molecular flexibility index (Phi) is 8.16. The Morgan fingerprint density at radius 3 is 1.30 bits per heavy atom. The van der Waals surface area contributed by atoms with E-state index in [4.69, 9.17) is 0 Å². The quantitative estimate of drug-likeness (QED) is 0.306. The molecule has 0 aromatic carbocycles. The van der Waals surface area contributed by atoms with E-state index in [-0.39, 0.29) is 0 Å². The first-order valence-electron chi connectivity index (χ1n) is 4.69. The summed E-state index contributed by atoms with van der Waals surface area (Å²) in [6.45, 7) is -3.44. The second-order valence-electron chi connectivity index (χ2n) is 3.08. The van der Waals surface area contributed by atoms with Crippen molar-refractivity contribution in [2.75, 3.05) is 24.7 Å². The van der Waals surface area contributed by atoms with E-state index in [0.29, 0.717) is 21.6 Å². The molecule has 0 saturated heterocycles. The zero-order valence-corrected chi connectivity index (χ0v) is 11.2. The molecular weight excluding hydrogens is 338 g/mol. The van der Waals surface area contributed by atoms with Gasteiger partial charge >= 0.3 is 24.3 Å². The number of carbonyl (C=O) groups excluding carboxylic acids is 2. The predicted octanol–water partition coefficient (Wildman–Crippen LogP) is 2.58. The molecule has 0 N–H and O–H groups in total. The molecule has 0 aromatic rings. The molecule has 0 unspecified atom stereocenters. The Hall–Kier alpha value is -0.780. The van der Waals surface area contributed by atoms with E-state index < -0.39 is 49.0 Å². The first-order valence-corrected chi connectivity index (χ1v) is 7.17. The van der Waals surface area contributed by atoms with Crippen LogP contribution in [-0.2, 0) is 19.1 Å². The Labute approximate surface area is 116 Å². The van der Waals surface area contributed by atoms with Crippen LogP contribution in [0, 0.1) is 0 Å². The topological polar surface area (TPSA) is 52.6 Å². The summed E-state index contributed by atoms with van der Waals surface area (Å²) in [6.07, 6.45) is -9.26. The van der Waals surface area contributed by atoms with Gasteiger partial charge in [-0.2, -0.15) is 26.3 Å². The molecule has 0 aliphatic rings. The number of rotatable bonds is 7. The van der Waals surface area contributed by atoms with Crippen molar-refractivity contribution in [3.05, 3.63) is 0 Å². The van der Waals surface area contributed by atoms with E-state index >= 15 is 0 Å². The minimum Gasteiger partial charge on any atom is -0.455 e. The summed E-state index contributed by atoms with van der Waals surface area (Å²) in [5, 5.41) is 0. The standard InChI is InChI=1S/C8H8F6O4S2/c9-7(10,11)3-17-5(15)1-19-20-2-6(16)18-4-8(12,13)14/h1-4H2. The molecule has 0 rings (SSSR count). The van der Waals surface area contributed by atoms with Crippen LogP contribution in [0.5, 0.6) is 0 Å². The molecule has 0 aromatic heterocycles. The lowest BCUT2D eigenvalue weighted by Crippen LogP contribution is -2.21. The predicted molar refractivity (Wildman–Crippen MR) is 58.9 cm³/mol. The van der Waals surface area contributed by atoms with Crippen molar-refractivity contribution in [1.82, 2.24) is 0 Å². The van der Waals surface area contributed by atoms with E-state index in [1.165, 1.54) is 0 Å².